The first-order chi connectivity index (χ1) is 10.1. The molecular formula is C16H19NO3S. The maximum absolute atomic E-state index is 12.9. The number of aliphatic carboxylic acids is 1. The lowest BCUT2D eigenvalue weighted by Crippen LogP contribution is -2.42. The van der Waals surface area contributed by atoms with Gasteiger partial charge in [0.2, 0.25) is 5.91 Å². The zero-order valence-electron chi connectivity index (χ0n) is 12.0. The number of rotatable bonds is 2. The molecular weight excluding hydrogens is 286 g/mol. The number of carbonyl (C=O) groups excluding carboxylic acids is 1. The number of carbonyl (C=O) groups is 2. The Kier molecular flexibility index (Phi) is 3.93. The van der Waals surface area contributed by atoms with E-state index >= 15 is 0 Å². The minimum atomic E-state index is -0.836. The third-order valence-corrected chi connectivity index (χ3v) is 5.47. The van der Waals surface area contributed by atoms with Gasteiger partial charge in [0.15, 0.2) is 0 Å². The van der Waals surface area contributed by atoms with Gasteiger partial charge in [-0.25, -0.2) is 0 Å². The molecule has 0 aromatic heterocycles. The molecule has 1 N–H and O–H groups in total. The first-order valence-electron chi connectivity index (χ1n) is 7.34. The summed E-state index contributed by atoms with van der Waals surface area (Å²) in [5.74, 6) is -0.600. The fraction of sp³-hybridized carbons (Fsp3) is 0.500. The van der Waals surface area contributed by atoms with E-state index < -0.39 is 11.9 Å². The van der Waals surface area contributed by atoms with Crippen molar-refractivity contribution >= 4 is 29.3 Å². The van der Waals surface area contributed by atoms with Gasteiger partial charge >= 0.3 is 5.97 Å². The number of amides is 1. The Bertz CT molecular complexity index is 574. The molecule has 1 unspecified atom stereocenters. The third-order valence-electron chi connectivity index (χ3n) is 4.43. The van der Waals surface area contributed by atoms with Gasteiger partial charge in [0.1, 0.15) is 0 Å². The van der Waals surface area contributed by atoms with Gasteiger partial charge in [0.25, 0.3) is 0 Å². The molecule has 0 saturated heterocycles. The van der Waals surface area contributed by atoms with Crippen molar-refractivity contribution in [2.75, 3.05) is 17.2 Å². The van der Waals surface area contributed by atoms with Crippen LogP contribution in [0.1, 0.15) is 19.8 Å². The van der Waals surface area contributed by atoms with Crippen molar-refractivity contribution < 1.29 is 14.7 Å². The molecule has 1 aromatic carbocycles. The van der Waals surface area contributed by atoms with E-state index in [-0.39, 0.29) is 11.8 Å². The second-order valence-corrected chi connectivity index (χ2v) is 7.07. The van der Waals surface area contributed by atoms with Crippen LogP contribution in [0.3, 0.4) is 0 Å². The highest BCUT2D eigenvalue weighted by molar-refractivity contribution is 7.99. The zero-order chi connectivity index (χ0) is 15.0. The average Bonchev–Trinajstić information content (AvgIpc) is 2.88. The lowest BCUT2D eigenvalue weighted by Gasteiger charge is -2.32. The van der Waals surface area contributed by atoms with Gasteiger partial charge in [-0.1, -0.05) is 19.1 Å². The van der Waals surface area contributed by atoms with Crippen molar-refractivity contribution in [3.8, 4) is 0 Å². The summed E-state index contributed by atoms with van der Waals surface area (Å²) in [5, 5.41) is 9.37. The van der Waals surface area contributed by atoms with Crippen LogP contribution in [0.5, 0.6) is 0 Å². The maximum Gasteiger partial charge on any atom is 0.307 e. The van der Waals surface area contributed by atoms with E-state index in [4.69, 9.17) is 0 Å². The molecule has 4 nitrogen and oxygen atoms in total. The molecule has 1 fully saturated rings. The van der Waals surface area contributed by atoms with Gasteiger partial charge < -0.3 is 10.0 Å². The number of fused-ring (bicyclic) bond motifs is 1. The summed E-state index contributed by atoms with van der Waals surface area (Å²) in [5.41, 5.74) is 0.933. The van der Waals surface area contributed by atoms with E-state index in [1.54, 1.807) is 16.7 Å². The van der Waals surface area contributed by atoms with Crippen LogP contribution in [-0.2, 0) is 9.59 Å². The fourth-order valence-corrected chi connectivity index (χ4v) is 4.43. The molecule has 1 aliphatic heterocycles. The lowest BCUT2D eigenvalue weighted by atomic mass is 9.94. The number of thioether (sulfide) groups is 1. The van der Waals surface area contributed by atoms with Crippen molar-refractivity contribution in [2.45, 2.75) is 24.7 Å². The predicted molar refractivity (Wildman–Crippen MR) is 82.5 cm³/mol. The molecule has 0 bridgehead atoms. The summed E-state index contributed by atoms with van der Waals surface area (Å²) < 4.78 is 0. The number of hydrogen-bond donors (Lipinski definition) is 1. The van der Waals surface area contributed by atoms with Crippen LogP contribution in [0.15, 0.2) is 29.2 Å². The first kappa shape index (κ1) is 14.4. The predicted octanol–water partition coefficient (Wildman–Crippen LogP) is 2.87. The summed E-state index contributed by atoms with van der Waals surface area (Å²) in [4.78, 5) is 27.2. The Labute approximate surface area is 128 Å². The highest BCUT2D eigenvalue weighted by atomic mass is 32.2. The second-order valence-electron chi connectivity index (χ2n) is 5.93. The number of nitrogens with zero attached hydrogens (tertiary/aromatic N) is 1. The van der Waals surface area contributed by atoms with Crippen LogP contribution < -0.4 is 4.90 Å². The van der Waals surface area contributed by atoms with Crippen LogP contribution in [0.2, 0.25) is 0 Å². The van der Waals surface area contributed by atoms with Crippen LogP contribution in [0.25, 0.3) is 0 Å². The molecule has 3 rings (SSSR count). The maximum atomic E-state index is 12.9. The highest BCUT2D eigenvalue weighted by Crippen LogP contribution is 2.41. The summed E-state index contributed by atoms with van der Waals surface area (Å²) in [6.07, 6.45) is 1.29. The monoisotopic (exact) mass is 305 g/mol. The van der Waals surface area contributed by atoms with E-state index in [1.807, 2.05) is 31.2 Å². The number of carboxylic acids is 1. The smallest absolute Gasteiger partial charge is 0.307 e. The van der Waals surface area contributed by atoms with Crippen molar-refractivity contribution in [3.05, 3.63) is 24.3 Å². The molecule has 21 heavy (non-hydrogen) atoms. The number of anilines is 1. The van der Waals surface area contributed by atoms with Crippen LogP contribution in [0.4, 0.5) is 5.69 Å². The Balaban J connectivity index is 1.87. The number of hydrogen-bond acceptors (Lipinski definition) is 3. The number of carboxylic acid groups (broad SMARTS) is 1. The largest absolute Gasteiger partial charge is 0.481 e. The zero-order valence-corrected chi connectivity index (χ0v) is 12.8. The Morgan fingerprint density at radius 3 is 2.71 bits per heavy atom. The molecule has 1 saturated carbocycles. The number of para-hydroxylation sites is 1. The molecule has 0 radical (unpaired) electrons. The van der Waals surface area contributed by atoms with Gasteiger partial charge in [-0.05, 0) is 30.9 Å². The molecule has 2 aliphatic rings. The molecule has 1 heterocycles. The SMILES string of the molecule is CC1C[C@H](C(=O)N2CCSc3ccccc32)[C@H](C(=O)O)C1. The standard InChI is InChI=1S/C16H19NO3S/c1-10-8-11(12(9-10)16(19)20)15(18)17-6-7-21-14-5-3-2-4-13(14)17/h2-5,10-12H,6-9H2,1H3,(H,19,20)/t10?,11-,12+/m0/s1. The van der Waals surface area contributed by atoms with Crippen molar-refractivity contribution in [1.29, 1.82) is 0 Å². The van der Waals surface area contributed by atoms with E-state index in [0.717, 1.165) is 16.3 Å². The van der Waals surface area contributed by atoms with Gasteiger partial charge in [0.05, 0.1) is 17.5 Å². The Morgan fingerprint density at radius 2 is 1.95 bits per heavy atom. The van der Waals surface area contributed by atoms with E-state index in [0.29, 0.717) is 25.3 Å². The molecule has 3 atom stereocenters. The van der Waals surface area contributed by atoms with E-state index in [9.17, 15) is 14.7 Å². The topological polar surface area (TPSA) is 57.6 Å². The molecule has 1 amide bonds. The van der Waals surface area contributed by atoms with Gasteiger partial charge in [-0.2, -0.15) is 0 Å². The van der Waals surface area contributed by atoms with E-state index in [2.05, 4.69) is 0 Å². The minimum Gasteiger partial charge on any atom is -0.481 e. The van der Waals surface area contributed by atoms with Crippen LogP contribution >= 0.6 is 11.8 Å². The quantitative estimate of drug-likeness (QED) is 0.913. The van der Waals surface area contributed by atoms with Crippen LogP contribution in [0, 0.1) is 17.8 Å². The minimum absolute atomic E-state index is 0.0144. The van der Waals surface area contributed by atoms with Gasteiger partial charge in [-0.3, -0.25) is 9.59 Å². The van der Waals surface area contributed by atoms with Crippen molar-refractivity contribution in [3.63, 3.8) is 0 Å². The number of benzene rings is 1. The Hall–Kier alpha value is -1.49. The van der Waals surface area contributed by atoms with Gasteiger partial charge in [0, 0.05) is 17.2 Å². The van der Waals surface area contributed by atoms with Crippen molar-refractivity contribution in [2.24, 2.45) is 17.8 Å². The first-order valence-corrected chi connectivity index (χ1v) is 8.32. The second kappa shape index (κ2) is 5.72. The molecule has 0 spiro atoms. The van der Waals surface area contributed by atoms with Gasteiger partial charge in [-0.15, -0.1) is 11.8 Å². The highest BCUT2D eigenvalue weighted by Gasteiger charge is 2.43. The lowest BCUT2D eigenvalue weighted by molar-refractivity contribution is -0.145. The Morgan fingerprint density at radius 1 is 1.24 bits per heavy atom. The fourth-order valence-electron chi connectivity index (χ4n) is 3.44. The van der Waals surface area contributed by atoms with Crippen LogP contribution in [-0.4, -0.2) is 29.3 Å². The summed E-state index contributed by atoms with van der Waals surface area (Å²) >= 11 is 1.75. The molecule has 1 aliphatic carbocycles. The summed E-state index contributed by atoms with van der Waals surface area (Å²) in [7, 11) is 0. The normalized spacial score (nSPS) is 28.2. The molecule has 5 heteroatoms. The summed E-state index contributed by atoms with van der Waals surface area (Å²) in [6.45, 7) is 2.70. The van der Waals surface area contributed by atoms with E-state index in [1.165, 1.54) is 0 Å². The summed E-state index contributed by atoms with van der Waals surface area (Å²) in [6, 6.07) is 7.87. The third kappa shape index (κ3) is 2.67. The van der Waals surface area contributed by atoms with Crippen molar-refractivity contribution in [1.82, 2.24) is 0 Å². The average molecular weight is 305 g/mol. The molecule has 112 valence electrons. The molecule has 1 aromatic rings.